The van der Waals surface area contributed by atoms with Crippen LogP contribution in [-0.2, 0) is 4.74 Å². The Hall–Kier alpha value is -1.85. The second-order valence-electron chi connectivity index (χ2n) is 5.78. The van der Waals surface area contributed by atoms with Crippen LogP contribution in [-0.4, -0.2) is 36.9 Å². The molecule has 1 aliphatic carbocycles. The summed E-state index contributed by atoms with van der Waals surface area (Å²) in [6, 6.07) is 8.27. The number of aromatic nitrogens is 1. The lowest BCUT2D eigenvalue weighted by Crippen LogP contribution is -2.65. The number of nitrogens with one attached hydrogen (secondary N) is 1. The van der Waals surface area contributed by atoms with Crippen molar-refractivity contribution in [3.63, 3.8) is 0 Å². The maximum atomic E-state index is 6.26. The first-order valence-electron chi connectivity index (χ1n) is 7.34. The lowest BCUT2D eigenvalue weighted by Gasteiger charge is -2.46. The highest BCUT2D eigenvalue weighted by Crippen LogP contribution is 2.40. The van der Waals surface area contributed by atoms with Gasteiger partial charge in [0.1, 0.15) is 11.6 Å². The van der Waals surface area contributed by atoms with Crippen molar-refractivity contribution in [2.45, 2.75) is 24.6 Å². The van der Waals surface area contributed by atoms with Gasteiger partial charge in [-0.1, -0.05) is 6.07 Å². The average Bonchev–Trinajstić information content (AvgIpc) is 2.97. The molecule has 110 valence electrons. The molecular formula is C16H19N3O2. The van der Waals surface area contributed by atoms with Gasteiger partial charge in [-0.3, -0.25) is 0 Å². The molecule has 1 saturated carbocycles. The molecule has 1 saturated heterocycles. The first-order valence-corrected chi connectivity index (χ1v) is 7.34. The summed E-state index contributed by atoms with van der Waals surface area (Å²) in [5, 5.41) is 5.65. The molecule has 3 N–H and O–H groups in total. The fraction of sp³-hybridized carbons (Fsp3) is 0.438. The van der Waals surface area contributed by atoms with Crippen LogP contribution in [0.15, 0.2) is 30.5 Å². The van der Waals surface area contributed by atoms with Crippen LogP contribution in [0.5, 0.6) is 5.75 Å². The summed E-state index contributed by atoms with van der Waals surface area (Å²) in [4.78, 5) is 4.47. The maximum Gasteiger partial charge on any atom is 0.134 e. The van der Waals surface area contributed by atoms with Crippen molar-refractivity contribution in [2.75, 3.05) is 19.0 Å². The third kappa shape index (κ3) is 1.96. The van der Waals surface area contributed by atoms with Crippen molar-refractivity contribution in [2.24, 2.45) is 11.7 Å². The predicted octanol–water partition coefficient (Wildman–Crippen LogP) is 1.77. The molecule has 4 atom stereocenters. The number of fused-ring (bicyclic) bond motifs is 2. The summed E-state index contributed by atoms with van der Waals surface area (Å²) in [6.07, 6.45) is 3.11. The fourth-order valence-electron chi connectivity index (χ4n) is 3.48. The Bertz CT molecular complexity index is 676. The van der Waals surface area contributed by atoms with Crippen LogP contribution in [0.4, 0.5) is 5.82 Å². The summed E-state index contributed by atoms with van der Waals surface area (Å²) in [5.74, 6) is 2.17. The van der Waals surface area contributed by atoms with Gasteiger partial charge in [-0.2, -0.15) is 0 Å². The van der Waals surface area contributed by atoms with Crippen molar-refractivity contribution in [1.82, 2.24) is 4.98 Å². The number of anilines is 1. The van der Waals surface area contributed by atoms with Gasteiger partial charge in [0.05, 0.1) is 19.3 Å². The average molecular weight is 285 g/mol. The molecule has 0 spiro atoms. The highest BCUT2D eigenvalue weighted by atomic mass is 16.5. The number of ether oxygens (including phenoxy) is 2. The van der Waals surface area contributed by atoms with E-state index in [-0.39, 0.29) is 18.2 Å². The predicted molar refractivity (Wildman–Crippen MR) is 81.5 cm³/mol. The van der Waals surface area contributed by atoms with E-state index < -0.39 is 0 Å². The molecule has 5 nitrogen and oxygen atoms in total. The van der Waals surface area contributed by atoms with Gasteiger partial charge in [0, 0.05) is 30.1 Å². The zero-order valence-corrected chi connectivity index (χ0v) is 12.0. The SMILES string of the molecule is COc1ccc2ccnc(NC3C(N)C4CCOC43)c2c1. The van der Waals surface area contributed by atoms with Crippen LogP contribution in [0, 0.1) is 5.92 Å². The van der Waals surface area contributed by atoms with Crippen LogP contribution in [0.2, 0.25) is 0 Å². The van der Waals surface area contributed by atoms with E-state index in [0.29, 0.717) is 5.92 Å². The molecule has 4 rings (SSSR count). The zero-order valence-electron chi connectivity index (χ0n) is 12.0. The van der Waals surface area contributed by atoms with E-state index in [9.17, 15) is 0 Å². The Labute approximate surface area is 123 Å². The summed E-state index contributed by atoms with van der Waals surface area (Å²) >= 11 is 0. The molecule has 21 heavy (non-hydrogen) atoms. The Morgan fingerprint density at radius 2 is 2.29 bits per heavy atom. The molecule has 0 radical (unpaired) electrons. The second kappa shape index (κ2) is 4.86. The smallest absolute Gasteiger partial charge is 0.134 e. The van der Waals surface area contributed by atoms with Crippen LogP contribution < -0.4 is 15.8 Å². The standard InChI is InChI=1S/C16H19N3O2/c1-20-10-3-2-9-4-6-18-16(12(9)8-10)19-14-13(17)11-5-7-21-15(11)14/h2-4,6,8,11,13-15H,5,7,17H2,1H3,(H,18,19). The number of pyridine rings is 1. The quantitative estimate of drug-likeness (QED) is 0.899. The summed E-state index contributed by atoms with van der Waals surface area (Å²) in [7, 11) is 1.67. The minimum Gasteiger partial charge on any atom is -0.497 e. The normalized spacial score (nSPS) is 30.8. The van der Waals surface area contributed by atoms with Crippen molar-refractivity contribution in [1.29, 1.82) is 0 Å². The Balaban J connectivity index is 1.67. The van der Waals surface area contributed by atoms with Crippen LogP contribution in [0.3, 0.4) is 0 Å². The molecule has 4 unspecified atom stereocenters. The van der Waals surface area contributed by atoms with Crippen LogP contribution >= 0.6 is 0 Å². The lowest BCUT2D eigenvalue weighted by atomic mass is 9.72. The second-order valence-corrected chi connectivity index (χ2v) is 5.78. The van der Waals surface area contributed by atoms with Crippen molar-refractivity contribution in [3.05, 3.63) is 30.5 Å². The van der Waals surface area contributed by atoms with E-state index in [0.717, 1.165) is 35.4 Å². The Kier molecular flexibility index (Phi) is 2.97. The van der Waals surface area contributed by atoms with Crippen LogP contribution in [0.1, 0.15) is 6.42 Å². The van der Waals surface area contributed by atoms with E-state index in [1.165, 1.54) is 0 Å². The highest BCUT2D eigenvalue weighted by molar-refractivity contribution is 5.93. The number of hydrogen-bond donors (Lipinski definition) is 2. The van der Waals surface area contributed by atoms with E-state index >= 15 is 0 Å². The topological polar surface area (TPSA) is 69.4 Å². The molecule has 2 aliphatic rings. The zero-order chi connectivity index (χ0) is 14.4. The molecule has 0 bridgehead atoms. The van der Waals surface area contributed by atoms with Gasteiger partial charge in [-0.25, -0.2) is 4.98 Å². The molecule has 1 aliphatic heterocycles. The fourth-order valence-corrected chi connectivity index (χ4v) is 3.48. The summed E-state index contributed by atoms with van der Waals surface area (Å²) in [6.45, 7) is 0.817. The number of nitrogens with zero attached hydrogens (tertiary/aromatic N) is 1. The maximum absolute atomic E-state index is 6.26. The van der Waals surface area contributed by atoms with E-state index in [1.54, 1.807) is 7.11 Å². The molecule has 2 heterocycles. The van der Waals surface area contributed by atoms with Gasteiger partial charge in [-0.05, 0) is 30.0 Å². The number of rotatable bonds is 3. The molecule has 2 fully saturated rings. The number of methoxy groups -OCH3 is 1. The van der Waals surface area contributed by atoms with E-state index in [2.05, 4.69) is 10.3 Å². The largest absolute Gasteiger partial charge is 0.497 e. The van der Waals surface area contributed by atoms with Gasteiger partial charge < -0.3 is 20.5 Å². The van der Waals surface area contributed by atoms with E-state index in [1.807, 2.05) is 30.5 Å². The molecule has 0 amide bonds. The first kappa shape index (κ1) is 12.9. The van der Waals surface area contributed by atoms with E-state index in [4.69, 9.17) is 15.2 Å². The number of hydrogen-bond acceptors (Lipinski definition) is 5. The molecule has 5 heteroatoms. The van der Waals surface area contributed by atoms with Gasteiger partial charge >= 0.3 is 0 Å². The highest BCUT2D eigenvalue weighted by Gasteiger charge is 2.52. The monoisotopic (exact) mass is 285 g/mol. The molecule has 1 aromatic carbocycles. The Morgan fingerprint density at radius 1 is 1.38 bits per heavy atom. The van der Waals surface area contributed by atoms with Gasteiger partial charge in [0.2, 0.25) is 0 Å². The minimum absolute atomic E-state index is 0.139. The van der Waals surface area contributed by atoms with Gasteiger partial charge in [0.15, 0.2) is 0 Å². The summed E-state index contributed by atoms with van der Waals surface area (Å²) in [5.41, 5.74) is 6.26. The van der Waals surface area contributed by atoms with Gasteiger partial charge in [0.25, 0.3) is 0 Å². The third-order valence-corrected chi connectivity index (χ3v) is 4.72. The minimum atomic E-state index is 0.139. The first-order chi connectivity index (χ1) is 10.3. The Morgan fingerprint density at radius 3 is 3.14 bits per heavy atom. The van der Waals surface area contributed by atoms with Crippen molar-refractivity contribution in [3.8, 4) is 5.75 Å². The van der Waals surface area contributed by atoms with Crippen LogP contribution in [0.25, 0.3) is 10.8 Å². The number of benzene rings is 1. The van der Waals surface area contributed by atoms with Crippen molar-refractivity contribution < 1.29 is 9.47 Å². The molecule has 2 aromatic rings. The number of nitrogens with two attached hydrogens (primary N) is 1. The molecule has 1 aromatic heterocycles. The van der Waals surface area contributed by atoms with Gasteiger partial charge in [-0.15, -0.1) is 0 Å². The third-order valence-electron chi connectivity index (χ3n) is 4.72. The van der Waals surface area contributed by atoms with Crippen molar-refractivity contribution >= 4 is 16.6 Å². The molecular weight excluding hydrogens is 266 g/mol. The lowest BCUT2D eigenvalue weighted by molar-refractivity contribution is 0.00529. The summed E-state index contributed by atoms with van der Waals surface area (Å²) < 4.78 is 11.1.